The van der Waals surface area contributed by atoms with Crippen molar-refractivity contribution < 1.29 is 23.8 Å². The first kappa shape index (κ1) is 29.2. The summed E-state index contributed by atoms with van der Waals surface area (Å²) in [4.78, 5) is 20.9. The second-order valence-corrected chi connectivity index (χ2v) is 10.9. The Kier molecular flexibility index (Phi) is 9.15. The van der Waals surface area contributed by atoms with Gasteiger partial charge >= 0.3 is 5.97 Å². The fourth-order valence-corrected chi connectivity index (χ4v) is 5.42. The zero-order valence-electron chi connectivity index (χ0n) is 23.8. The number of carbonyl (C=O) groups is 1. The normalized spacial score (nSPS) is 17.2. The van der Waals surface area contributed by atoms with E-state index in [0.29, 0.717) is 24.5 Å². The number of piperidine rings is 1. The number of likely N-dealkylation sites (tertiary alicyclic amines) is 1. The molecular formula is C33H35FN4O4. The summed E-state index contributed by atoms with van der Waals surface area (Å²) < 4.78 is 25.7. The average Bonchev–Trinajstić information content (AvgIpc) is 2.97. The number of ether oxygens (including phenoxy) is 2. The van der Waals surface area contributed by atoms with Crippen LogP contribution in [0.5, 0.6) is 5.88 Å². The molecule has 3 aromatic rings. The van der Waals surface area contributed by atoms with E-state index in [0.717, 1.165) is 61.6 Å². The summed E-state index contributed by atoms with van der Waals surface area (Å²) in [5, 5.41) is 18.5. The lowest BCUT2D eigenvalue weighted by molar-refractivity contribution is -0.0439. The third kappa shape index (κ3) is 6.96. The summed E-state index contributed by atoms with van der Waals surface area (Å²) in [5.74, 6) is -0.700. The van der Waals surface area contributed by atoms with Crippen molar-refractivity contribution in [3.8, 4) is 11.9 Å². The van der Waals surface area contributed by atoms with Crippen LogP contribution in [0.25, 0.3) is 0 Å². The van der Waals surface area contributed by atoms with Gasteiger partial charge in [0.05, 0.1) is 23.3 Å². The number of halogens is 1. The van der Waals surface area contributed by atoms with Crippen molar-refractivity contribution >= 4 is 11.7 Å². The third-order valence-electron chi connectivity index (χ3n) is 8.02. The number of aromatic nitrogens is 1. The Bertz CT molecular complexity index is 1490. The Morgan fingerprint density at radius 2 is 2.00 bits per heavy atom. The smallest absolute Gasteiger partial charge is 0.335 e. The minimum Gasteiger partial charge on any atom is -0.478 e. The van der Waals surface area contributed by atoms with Crippen LogP contribution in [-0.2, 0) is 11.3 Å². The zero-order chi connectivity index (χ0) is 29.6. The fraction of sp³-hybridized carbons (Fsp3) is 0.364. The van der Waals surface area contributed by atoms with Crippen molar-refractivity contribution in [2.75, 3.05) is 37.7 Å². The molecule has 2 fully saturated rings. The van der Waals surface area contributed by atoms with Gasteiger partial charge in [0.25, 0.3) is 0 Å². The minimum atomic E-state index is -0.951. The van der Waals surface area contributed by atoms with Crippen molar-refractivity contribution in [2.24, 2.45) is 0 Å². The molecular weight excluding hydrogens is 535 g/mol. The number of carboxylic acids is 1. The highest BCUT2D eigenvalue weighted by Gasteiger charge is 2.27. The van der Waals surface area contributed by atoms with E-state index < -0.39 is 11.8 Å². The van der Waals surface area contributed by atoms with E-state index in [1.807, 2.05) is 31.2 Å². The van der Waals surface area contributed by atoms with Crippen molar-refractivity contribution in [1.29, 1.82) is 5.26 Å². The van der Waals surface area contributed by atoms with Crippen LogP contribution >= 0.6 is 0 Å². The molecule has 1 N–H and O–H groups in total. The molecule has 8 nitrogen and oxygen atoms in total. The molecule has 2 saturated heterocycles. The standard InChI is InChI=1S/C33H35FN4O4/c1-22-6-8-26(33(39)40)17-31(22)38(20-28-12-15-41-28)23(2)19-37-13-10-25(11-14-37)30-4-3-5-32(36-30)42-21-27-9-7-24(18-35)16-29(27)34/h3-9,16-17,25,28H,2,10-15,19-21H2,1H3,(H,39,40). The van der Waals surface area contributed by atoms with Crippen LogP contribution in [0.15, 0.2) is 66.9 Å². The second-order valence-electron chi connectivity index (χ2n) is 10.9. The first-order valence-electron chi connectivity index (χ1n) is 14.2. The summed E-state index contributed by atoms with van der Waals surface area (Å²) in [6, 6.07) is 17.2. The summed E-state index contributed by atoms with van der Waals surface area (Å²) in [7, 11) is 0. The molecule has 0 saturated carbocycles. The van der Waals surface area contributed by atoms with Crippen LogP contribution in [-0.4, -0.2) is 59.8 Å². The number of hydrogen-bond donors (Lipinski definition) is 1. The highest BCUT2D eigenvalue weighted by molar-refractivity contribution is 5.89. The van der Waals surface area contributed by atoms with Gasteiger partial charge in [0.15, 0.2) is 0 Å². The molecule has 3 heterocycles. The molecule has 9 heteroatoms. The molecule has 2 aliphatic heterocycles. The van der Waals surface area contributed by atoms with Crippen molar-refractivity contribution in [1.82, 2.24) is 9.88 Å². The van der Waals surface area contributed by atoms with Crippen molar-refractivity contribution in [2.45, 2.75) is 44.8 Å². The van der Waals surface area contributed by atoms with E-state index >= 15 is 0 Å². The fourth-order valence-electron chi connectivity index (χ4n) is 5.42. The second kappa shape index (κ2) is 13.1. The maximum absolute atomic E-state index is 14.2. The topological polar surface area (TPSA) is 98.9 Å². The molecule has 0 spiro atoms. The van der Waals surface area contributed by atoms with Gasteiger partial charge in [-0.15, -0.1) is 0 Å². The predicted octanol–water partition coefficient (Wildman–Crippen LogP) is 5.67. The Balaban J connectivity index is 1.19. The molecule has 1 aromatic heterocycles. The number of aryl methyl sites for hydroxylation is 1. The quantitative estimate of drug-likeness (QED) is 0.315. The van der Waals surface area contributed by atoms with Crippen molar-refractivity contribution in [3.05, 3.63) is 101 Å². The van der Waals surface area contributed by atoms with Crippen LogP contribution in [0.1, 0.15) is 57.9 Å². The SMILES string of the molecule is C=C(CN1CCC(c2cccc(OCc3ccc(C#N)cc3F)n2)CC1)N(CC1CCO1)c1cc(C(=O)O)ccc1C. The van der Waals surface area contributed by atoms with E-state index in [1.54, 1.807) is 30.3 Å². The molecule has 218 valence electrons. The first-order valence-corrected chi connectivity index (χ1v) is 14.2. The highest BCUT2D eigenvalue weighted by atomic mass is 19.1. The van der Waals surface area contributed by atoms with Gasteiger partial charge in [-0.25, -0.2) is 14.2 Å². The Hall–Kier alpha value is -4.26. The van der Waals surface area contributed by atoms with E-state index in [2.05, 4.69) is 16.4 Å². The van der Waals surface area contributed by atoms with E-state index in [-0.39, 0.29) is 29.8 Å². The molecule has 5 rings (SSSR count). The van der Waals surface area contributed by atoms with Gasteiger partial charge in [0, 0.05) is 54.3 Å². The van der Waals surface area contributed by atoms with Gasteiger partial charge < -0.3 is 19.5 Å². The molecule has 42 heavy (non-hydrogen) atoms. The number of benzene rings is 2. The molecule has 1 unspecified atom stereocenters. The molecule has 2 aliphatic rings. The summed E-state index contributed by atoms with van der Waals surface area (Å²) in [6.45, 7) is 10.2. The lowest BCUT2D eigenvalue weighted by Crippen LogP contribution is -2.43. The first-order chi connectivity index (χ1) is 20.3. The van der Waals surface area contributed by atoms with Crippen LogP contribution in [0.4, 0.5) is 10.1 Å². The Morgan fingerprint density at radius 1 is 1.21 bits per heavy atom. The minimum absolute atomic E-state index is 0.0335. The number of hydrogen-bond acceptors (Lipinski definition) is 7. The number of anilines is 1. The van der Waals surface area contributed by atoms with E-state index in [1.165, 1.54) is 6.07 Å². The van der Waals surface area contributed by atoms with Gasteiger partial charge in [-0.2, -0.15) is 5.26 Å². The predicted molar refractivity (Wildman–Crippen MR) is 157 cm³/mol. The molecule has 1 atom stereocenters. The summed E-state index contributed by atoms with van der Waals surface area (Å²) in [5.41, 5.74) is 4.62. The number of nitrogens with zero attached hydrogens (tertiary/aromatic N) is 4. The van der Waals surface area contributed by atoms with Crippen molar-refractivity contribution in [3.63, 3.8) is 0 Å². The van der Waals surface area contributed by atoms with Crippen LogP contribution in [0.2, 0.25) is 0 Å². The largest absolute Gasteiger partial charge is 0.478 e. The Labute approximate surface area is 245 Å². The number of pyridine rings is 1. The maximum Gasteiger partial charge on any atom is 0.335 e. The number of rotatable bonds is 11. The van der Waals surface area contributed by atoms with Gasteiger partial charge in [0.2, 0.25) is 5.88 Å². The average molecular weight is 571 g/mol. The molecule has 0 radical (unpaired) electrons. The summed E-state index contributed by atoms with van der Waals surface area (Å²) >= 11 is 0. The Morgan fingerprint density at radius 3 is 2.67 bits per heavy atom. The number of nitriles is 1. The third-order valence-corrected chi connectivity index (χ3v) is 8.02. The summed E-state index contributed by atoms with van der Waals surface area (Å²) in [6.07, 6.45) is 2.93. The van der Waals surface area contributed by atoms with Gasteiger partial charge in [-0.1, -0.05) is 24.8 Å². The highest BCUT2D eigenvalue weighted by Crippen LogP contribution is 2.31. The van der Waals surface area contributed by atoms with E-state index in [9.17, 15) is 14.3 Å². The molecule has 0 aliphatic carbocycles. The zero-order valence-corrected chi connectivity index (χ0v) is 23.8. The lowest BCUT2D eigenvalue weighted by Gasteiger charge is -2.38. The number of aromatic carboxylic acids is 1. The molecule has 2 aromatic carbocycles. The van der Waals surface area contributed by atoms with Gasteiger partial charge in [-0.05, 0) is 75.2 Å². The number of carboxylic acid groups (broad SMARTS) is 1. The lowest BCUT2D eigenvalue weighted by atomic mass is 9.93. The monoisotopic (exact) mass is 570 g/mol. The van der Waals surface area contributed by atoms with Gasteiger partial charge in [-0.3, -0.25) is 4.90 Å². The van der Waals surface area contributed by atoms with E-state index in [4.69, 9.17) is 19.7 Å². The van der Waals surface area contributed by atoms with Crippen LogP contribution < -0.4 is 9.64 Å². The maximum atomic E-state index is 14.2. The van der Waals surface area contributed by atoms with Gasteiger partial charge in [0.1, 0.15) is 12.4 Å². The molecule has 0 amide bonds. The molecule has 0 bridgehead atoms. The van der Waals surface area contributed by atoms with Crippen LogP contribution in [0.3, 0.4) is 0 Å². The van der Waals surface area contributed by atoms with Crippen LogP contribution in [0, 0.1) is 24.1 Å².